The van der Waals surface area contributed by atoms with E-state index < -0.39 is 0 Å². The molecular weight excluding hydrogens is 268 g/mol. The van der Waals surface area contributed by atoms with Crippen LogP contribution in [-0.4, -0.2) is 59.2 Å². The van der Waals surface area contributed by atoms with E-state index in [1.54, 1.807) is 0 Å². The second-order valence-electron chi connectivity index (χ2n) is 4.54. The summed E-state index contributed by atoms with van der Waals surface area (Å²) in [5.74, 6) is 1.10. The minimum absolute atomic E-state index is 0.356. The SMILES string of the molecule is CCNc1nc(NCCCN(CC)CC)nc(OCC)n1. The van der Waals surface area contributed by atoms with Gasteiger partial charge < -0.3 is 20.3 Å². The Morgan fingerprint density at radius 3 is 2.19 bits per heavy atom. The van der Waals surface area contributed by atoms with Crippen molar-refractivity contribution in [3.63, 3.8) is 0 Å². The van der Waals surface area contributed by atoms with Crippen molar-refractivity contribution < 1.29 is 4.74 Å². The number of hydrogen-bond acceptors (Lipinski definition) is 7. The quantitative estimate of drug-likeness (QED) is 0.603. The number of anilines is 2. The number of nitrogens with one attached hydrogen (secondary N) is 2. The summed E-state index contributed by atoms with van der Waals surface area (Å²) >= 11 is 0. The van der Waals surface area contributed by atoms with Gasteiger partial charge in [-0.3, -0.25) is 0 Å². The molecule has 0 aliphatic rings. The van der Waals surface area contributed by atoms with Gasteiger partial charge in [-0.25, -0.2) is 0 Å². The average molecular weight is 296 g/mol. The maximum absolute atomic E-state index is 5.36. The van der Waals surface area contributed by atoms with Crippen LogP contribution in [0, 0.1) is 0 Å². The Morgan fingerprint density at radius 2 is 1.62 bits per heavy atom. The van der Waals surface area contributed by atoms with E-state index in [9.17, 15) is 0 Å². The Kier molecular flexibility index (Phi) is 8.42. The van der Waals surface area contributed by atoms with E-state index in [0.29, 0.717) is 24.5 Å². The van der Waals surface area contributed by atoms with Crippen molar-refractivity contribution in [3.8, 4) is 6.01 Å². The van der Waals surface area contributed by atoms with Crippen LogP contribution in [0.5, 0.6) is 6.01 Å². The smallest absolute Gasteiger partial charge is 0.323 e. The van der Waals surface area contributed by atoms with Gasteiger partial charge in [0.25, 0.3) is 0 Å². The highest BCUT2D eigenvalue weighted by molar-refractivity contribution is 5.35. The molecule has 0 fully saturated rings. The zero-order valence-corrected chi connectivity index (χ0v) is 13.6. The van der Waals surface area contributed by atoms with E-state index in [-0.39, 0.29) is 0 Å². The highest BCUT2D eigenvalue weighted by Gasteiger charge is 2.06. The van der Waals surface area contributed by atoms with Crippen LogP contribution in [0.2, 0.25) is 0 Å². The lowest BCUT2D eigenvalue weighted by atomic mass is 10.3. The molecule has 1 rings (SSSR count). The van der Waals surface area contributed by atoms with Crippen LogP contribution in [-0.2, 0) is 0 Å². The molecule has 7 nitrogen and oxygen atoms in total. The van der Waals surface area contributed by atoms with Gasteiger partial charge in [0.15, 0.2) is 0 Å². The molecule has 21 heavy (non-hydrogen) atoms. The Hall–Kier alpha value is -1.63. The summed E-state index contributed by atoms with van der Waals surface area (Å²) in [6, 6.07) is 0.356. The molecule has 0 spiro atoms. The summed E-state index contributed by atoms with van der Waals surface area (Å²) in [5.41, 5.74) is 0. The van der Waals surface area contributed by atoms with Crippen molar-refractivity contribution in [1.29, 1.82) is 0 Å². The Labute approximate surface area is 127 Å². The molecule has 0 saturated heterocycles. The van der Waals surface area contributed by atoms with Gasteiger partial charge in [-0.1, -0.05) is 13.8 Å². The fourth-order valence-corrected chi connectivity index (χ4v) is 1.91. The van der Waals surface area contributed by atoms with E-state index in [1.165, 1.54) is 0 Å². The third kappa shape index (κ3) is 6.57. The number of aromatic nitrogens is 3. The Balaban J connectivity index is 2.52. The summed E-state index contributed by atoms with van der Waals surface area (Å²) in [4.78, 5) is 15.2. The summed E-state index contributed by atoms with van der Waals surface area (Å²) < 4.78 is 5.36. The van der Waals surface area contributed by atoms with Crippen molar-refractivity contribution in [1.82, 2.24) is 19.9 Å². The van der Waals surface area contributed by atoms with Gasteiger partial charge in [-0.15, -0.1) is 0 Å². The summed E-state index contributed by atoms with van der Waals surface area (Å²) in [5, 5.41) is 6.32. The first-order valence-electron chi connectivity index (χ1n) is 7.82. The first-order chi connectivity index (χ1) is 10.2. The first-order valence-corrected chi connectivity index (χ1v) is 7.82. The second-order valence-corrected chi connectivity index (χ2v) is 4.54. The van der Waals surface area contributed by atoms with Crippen LogP contribution >= 0.6 is 0 Å². The van der Waals surface area contributed by atoms with Gasteiger partial charge in [0, 0.05) is 13.1 Å². The molecule has 0 aromatic carbocycles. The molecule has 0 atom stereocenters. The Bertz CT molecular complexity index is 373. The molecule has 1 aromatic rings. The van der Waals surface area contributed by atoms with E-state index >= 15 is 0 Å². The molecule has 0 unspecified atom stereocenters. The Morgan fingerprint density at radius 1 is 0.952 bits per heavy atom. The average Bonchev–Trinajstić information content (AvgIpc) is 2.48. The van der Waals surface area contributed by atoms with Crippen LogP contribution in [0.25, 0.3) is 0 Å². The predicted molar refractivity (Wildman–Crippen MR) is 86.1 cm³/mol. The minimum atomic E-state index is 0.356. The van der Waals surface area contributed by atoms with Gasteiger partial charge in [0.2, 0.25) is 11.9 Å². The topological polar surface area (TPSA) is 75.2 Å². The van der Waals surface area contributed by atoms with E-state index in [4.69, 9.17) is 4.74 Å². The highest BCUT2D eigenvalue weighted by Crippen LogP contribution is 2.11. The standard InChI is InChI=1S/C14H28N6O/c1-5-15-12-17-13(19-14(18-12)21-8-4)16-10-9-11-20(6-2)7-3/h5-11H2,1-4H3,(H2,15,16,17,18,19). The van der Waals surface area contributed by atoms with Crippen molar-refractivity contribution in [2.24, 2.45) is 0 Å². The molecule has 0 bridgehead atoms. The molecule has 0 radical (unpaired) electrons. The lowest BCUT2D eigenvalue weighted by Crippen LogP contribution is -2.25. The minimum Gasteiger partial charge on any atom is -0.464 e. The normalized spacial score (nSPS) is 10.7. The molecule has 0 saturated carbocycles. The summed E-state index contributed by atoms with van der Waals surface area (Å²) in [7, 11) is 0. The van der Waals surface area contributed by atoms with Crippen molar-refractivity contribution in [2.45, 2.75) is 34.1 Å². The zero-order chi connectivity index (χ0) is 15.5. The second kappa shape index (κ2) is 10.1. The summed E-state index contributed by atoms with van der Waals surface area (Å²) in [6.45, 7) is 13.6. The highest BCUT2D eigenvalue weighted by atomic mass is 16.5. The van der Waals surface area contributed by atoms with Crippen LogP contribution in [0.3, 0.4) is 0 Å². The van der Waals surface area contributed by atoms with E-state index in [0.717, 1.165) is 39.1 Å². The zero-order valence-electron chi connectivity index (χ0n) is 13.6. The van der Waals surface area contributed by atoms with Gasteiger partial charge in [-0.05, 0) is 39.9 Å². The lowest BCUT2D eigenvalue weighted by Gasteiger charge is -2.17. The molecule has 0 aliphatic carbocycles. The third-order valence-electron chi connectivity index (χ3n) is 3.05. The largest absolute Gasteiger partial charge is 0.464 e. The third-order valence-corrected chi connectivity index (χ3v) is 3.05. The summed E-state index contributed by atoms with van der Waals surface area (Å²) in [6.07, 6.45) is 1.05. The molecular formula is C14H28N6O. The van der Waals surface area contributed by atoms with Crippen molar-refractivity contribution in [2.75, 3.05) is 50.0 Å². The molecule has 120 valence electrons. The number of rotatable bonds is 11. The molecule has 1 aromatic heterocycles. The van der Waals surface area contributed by atoms with Crippen LogP contribution in [0.1, 0.15) is 34.1 Å². The fourth-order valence-electron chi connectivity index (χ4n) is 1.91. The van der Waals surface area contributed by atoms with E-state index in [1.807, 2.05) is 13.8 Å². The van der Waals surface area contributed by atoms with Crippen LogP contribution < -0.4 is 15.4 Å². The maximum atomic E-state index is 5.36. The monoisotopic (exact) mass is 296 g/mol. The van der Waals surface area contributed by atoms with E-state index in [2.05, 4.69) is 44.3 Å². The molecule has 1 heterocycles. The number of ether oxygens (including phenoxy) is 1. The number of hydrogen-bond donors (Lipinski definition) is 2. The van der Waals surface area contributed by atoms with Crippen molar-refractivity contribution >= 4 is 11.9 Å². The van der Waals surface area contributed by atoms with Gasteiger partial charge in [0.1, 0.15) is 0 Å². The molecule has 0 aliphatic heterocycles. The molecule has 2 N–H and O–H groups in total. The van der Waals surface area contributed by atoms with Gasteiger partial charge >= 0.3 is 6.01 Å². The van der Waals surface area contributed by atoms with Crippen LogP contribution in [0.15, 0.2) is 0 Å². The van der Waals surface area contributed by atoms with Gasteiger partial charge in [-0.2, -0.15) is 15.0 Å². The number of nitrogens with zero attached hydrogens (tertiary/aromatic N) is 4. The molecule has 7 heteroatoms. The lowest BCUT2D eigenvalue weighted by molar-refractivity contribution is 0.302. The maximum Gasteiger partial charge on any atom is 0.323 e. The van der Waals surface area contributed by atoms with Crippen LogP contribution in [0.4, 0.5) is 11.9 Å². The van der Waals surface area contributed by atoms with Crippen molar-refractivity contribution in [3.05, 3.63) is 0 Å². The molecule has 0 amide bonds. The predicted octanol–water partition coefficient (Wildman–Crippen LogP) is 1.85. The first kappa shape index (κ1) is 17.4. The van der Waals surface area contributed by atoms with Gasteiger partial charge in [0.05, 0.1) is 6.61 Å². The fraction of sp³-hybridized carbons (Fsp3) is 0.786.